The molecule has 4 fully saturated rings. The average molecular weight is 565 g/mol. The van der Waals surface area contributed by atoms with Gasteiger partial charge in [-0.2, -0.15) is 9.49 Å². The average Bonchev–Trinajstić information content (AvgIpc) is 3.65. The lowest BCUT2D eigenvalue weighted by molar-refractivity contribution is -0.215. The Morgan fingerprint density at radius 2 is 2.00 bits per heavy atom. The number of allylic oxidation sites excluding steroid dienone is 1. The molecule has 2 aromatic heterocycles. The Morgan fingerprint density at radius 1 is 1.20 bits per heavy atom. The van der Waals surface area contributed by atoms with Crippen LogP contribution in [0.2, 0.25) is 0 Å². The maximum Gasteiger partial charge on any atom is 0.352 e. The van der Waals surface area contributed by atoms with E-state index in [0.717, 1.165) is 49.8 Å². The fraction of sp³-hybridized carbons (Fsp3) is 0.613. The molecule has 0 aromatic carbocycles. The zero-order valence-electron chi connectivity index (χ0n) is 23.5. The van der Waals surface area contributed by atoms with Gasteiger partial charge in [0.15, 0.2) is 0 Å². The van der Waals surface area contributed by atoms with Crippen molar-refractivity contribution in [1.82, 2.24) is 14.8 Å². The third-order valence-corrected chi connectivity index (χ3v) is 11.2. The number of aliphatic hydroxyl groups excluding tert-OH is 1. The van der Waals surface area contributed by atoms with E-state index in [2.05, 4.69) is 23.1 Å². The minimum absolute atomic E-state index is 0.0231. The zero-order chi connectivity index (χ0) is 28.7. The van der Waals surface area contributed by atoms with Crippen molar-refractivity contribution < 1.29 is 28.6 Å². The number of hydrogen-bond acceptors (Lipinski definition) is 8. The topological polar surface area (TPSA) is 130 Å². The first-order chi connectivity index (χ1) is 19.6. The smallest absolute Gasteiger partial charge is 0.352 e. The Labute approximate surface area is 238 Å². The third kappa shape index (κ3) is 3.79. The van der Waals surface area contributed by atoms with Crippen molar-refractivity contribution in [3.63, 3.8) is 0 Å². The lowest BCUT2D eigenvalue weighted by atomic mass is 9.45. The van der Waals surface area contributed by atoms with E-state index in [1.807, 2.05) is 13.1 Å². The number of aromatic nitrogens is 3. The summed E-state index contributed by atoms with van der Waals surface area (Å²) in [5, 5.41) is 16.6. The molecule has 0 aliphatic heterocycles. The normalized spacial score (nSPS) is 37.2. The molecule has 0 amide bonds. The van der Waals surface area contributed by atoms with Gasteiger partial charge in [-0.15, -0.1) is 0 Å². The van der Waals surface area contributed by atoms with Crippen LogP contribution in [-0.2, 0) is 25.5 Å². The maximum absolute atomic E-state index is 13.5. The molecule has 3 N–H and O–H groups in total. The SMILES string of the molecule is C[C@]12Cc3cnn(-c4ccc(F)nc4)c3C=C1CC[C@@H]1[C@@H]2[C@@H](O)C[C@@]2(C)[C@H]1CC[C@]2(OC(=O)C1CC1)C(=O)OCN. The zero-order valence-corrected chi connectivity index (χ0v) is 23.5. The van der Waals surface area contributed by atoms with E-state index in [1.54, 1.807) is 10.7 Å². The minimum Gasteiger partial charge on any atom is -0.447 e. The second-order valence-corrected chi connectivity index (χ2v) is 13.3. The highest BCUT2D eigenvalue weighted by Gasteiger charge is 2.71. The maximum atomic E-state index is 13.5. The van der Waals surface area contributed by atoms with Gasteiger partial charge in [-0.1, -0.05) is 19.4 Å². The lowest BCUT2D eigenvalue weighted by Crippen LogP contribution is -2.63. The van der Waals surface area contributed by atoms with E-state index in [4.69, 9.17) is 15.2 Å². The number of nitrogens with zero attached hydrogens (tertiary/aromatic N) is 3. The van der Waals surface area contributed by atoms with Crippen LogP contribution in [0.3, 0.4) is 0 Å². The second-order valence-electron chi connectivity index (χ2n) is 13.3. The number of ether oxygens (including phenoxy) is 2. The summed E-state index contributed by atoms with van der Waals surface area (Å²) in [6.45, 7) is 3.97. The highest BCUT2D eigenvalue weighted by atomic mass is 19.1. The summed E-state index contributed by atoms with van der Waals surface area (Å²) >= 11 is 0. The lowest BCUT2D eigenvalue weighted by Gasteiger charge is -2.60. The predicted octanol–water partition coefficient (Wildman–Crippen LogP) is 3.71. The van der Waals surface area contributed by atoms with Crippen LogP contribution < -0.4 is 5.73 Å². The van der Waals surface area contributed by atoms with Gasteiger partial charge >= 0.3 is 11.9 Å². The highest BCUT2D eigenvalue weighted by molar-refractivity contribution is 5.86. The van der Waals surface area contributed by atoms with Gasteiger partial charge in [0.2, 0.25) is 11.5 Å². The number of hydrogen-bond donors (Lipinski definition) is 2. The molecule has 5 aliphatic carbocycles. The Kier molecular flexibility index (Phi) is 6.00. The second kappa shape index (κ2) is 9.19. The molecule has 0 unspecified atom stereocenters. The fourth-order valence-corrected chi connectivity index (χ4v) is 9.18. The Balaban J connectivity index is 1.23. The van der Waals surface area contributed by atoms with Crippen molar-refractivity contribution >= 4 is 18.0 Å². The molecule has 0 spiro atoms. The Morgan fingerprint density at radius 3 is 2.71 bits per heavy atom. The summed E-state index contributed by atoms with van der Waals surface area (Å²) < 4.78 is 26.7. The summed E-state index contributed by atoms with van der Waals surface area (Å²) in [6.07, 6.45) is 10.3. The van der Waals surface area contributed by atoms with Crippen molar-refractivity contribution in [3.05, 3.63) is 47.3 Å². The quantitative estimate of drug-likeness (QED) is 0.320. The van der Waals surface area contributed by atoms with Gasteiger partial charge in [-0.25, -0.2) is 14.5 Å². The largest absolute Gasteiger partial charge is 0.447 e. The van der Waals surface area contributed by atoms with Gasteiger partial charge in [-0.3, -0.25) is 10.5 Å². The van der Waals surface area contributed by atoms with Crippen molar-refractivity contribution in [1.29, 1.82) is 0 Å². The number of halogens is 1. The van der Waals surface area contributed by atoms with Gasteiger partial charge in [0.25, 0.3) is 0 Å². The number of carbonyl (C=O) groups excluding carboxylic acids is 2. The number of aliphatic hydroxyl groups is 1. The molecular weight excluding hydrogens is 527 g/mol. The Bertz CT molecular complexity index is 1440. The molecule has 218 valence electrons. The number of fused-ring (bicyclic) bond motifs is 6. The number of nitrogens with two attached hydrogens (primary N) is 1. The number of carbonyl (C=O) groups is 2. The van der Waals surface area contributed by atoms with Crippen molar-refractivity contribution in [2.45, 2.75) is 76.9 Å². The summed E-state index contributed by atoms with van der Waals surface area (Å²) in [6, 6.07) is 3.00. The molecule has 5 aliphatic rings. The summed E-state index contributed by atoms with van der Waals surface area (Å²) in [7, 11) is 0. The van der Waals surface area contributed by atoms with Gasteiger partial charge in [-0.05, 0) is 98.3 Å². The summed E-state index contributed by atoms with van der Waals surface area (Å²) in [5.41, 5.74) is 7.13. The monoisotopic (exact) mass is 564 g/mol. The van der Waals surface area contributed by atoms with E-state index in [-0.39, 0.29) is 41.8 Å². The number of pyridine rings is 1. The van der Waals surface area contributed by atoms with E-state index in [1.165, 1.54) is 17.8 Å². The number of rotatable bonds is 5. The molecule has 4 saturated carbocycles. The van der Waals surface area contributed by atoms with Gasteiger partial charge in [0.1, 0.15) is 6.73 Å². The van der Waals surface area contributed by atoms with E-state index < -0.39 is 29.0 Å². The predicted molar refractivity (Wildman–Crippen MR) is 145 cm³/mol. The minimum atomic E-state index is -1.44. The van der Waals surface area contributed by atoms with E-state index in [0.29, 0.717) is 18.5 Å². The molecule has 10 heteroatoms. The van der Waals surface area contributed by atoms with Crippen LogP contribution in [-0.4, -0.2) is 50.2 Å². The third-order valence-electron chi connectivity index (χ3n) is 11.2. The fourth-order valence-electron chi connectivity index (χ4n) is 9.18. The molecule has 0 radical (unpaired) electrons. The first kappa shape index (κ1) is 26.8. The molecule has 7 rings (SSSR count). The highest BCUT2D eigenvalue weighted by Crippen LogP contribution is 2.68. The van der Waals surface area contributed by atoms with E-state index in [9.17, 15) is 19.1 Å². The van der Waals surface area contributed by atoms with Crippen LogP contribution in [0.4, 0.5) is 4.39 Å². The van der Waals surface area contributed by atoms with Gasteiger partial charge in [0.05, 0.1) is 35.8 Å². The molecule has 9 nitrogen and oxygen atoms in total. The first-order valence-corrected chi connectivity index (χ1v) is 14.8. The molecule has 41 heavy (non-hydrogen) atoms. The van der Waals surface area contributed by atoms with Gasteiger partial charge in [0, 0.05) is 5.41 Å². The van der Waals surface area contributed by atoms with Crippen LogP contribution >= 0.6 is 0 Å². The van der Waals surface area contributed by atoms with Crippen LogP contribution in [0.1, 0.15) is 70.1 Å². The van der Waals surface area contributed by atoms with Crippen LogP contribution in [0.5, 0.6) is 0 Å². The molecule has 0 bridgehead atoms. The first-order valence-electron chi connectivity index (χ1n) is 14.8. The Hall–Kier alpha value is -3.11. The molecule has 7 atom stereocenters. The van der Waals surface area contributed by atoms with Crippen LogP contribution in [0.15, 0.2) is 30.1 Å². The summed E-state index contributed by atoms with van der Waals surface area (Å²) in [5.74, 6) is -1.41. The molecule has 2 heterocycles. The van der Waals surface area contributed by atoms with Crippen molar-refractivity contribution in [2.75, 3.05) is 6.73 Å². The van der Waals surface area contributed by atoms with E-state index >= 15 is 0 Å². The van der Waals surface area contributed by atoms with Gasteiger partial charge < -0.3 is 14.6 Å². The molecule has 2 aromatic rings. The standard InChI is InChI=1S/C31H37FN4O5/c1-29-12-18-14-35-36(20-6-8-25(32)34-15-20)23(18)11-19(29)5-7-21-22-9-10-31(28(39)40-16-33,41-27(38)17-3-4-17)30(22,2)13-24(37)26(21)29/h6,8,11,14-15,17,21-22,24,26,37H,3-5,7,9-10,12-13,16,33H2,1-2H3/t21-,22-,24-,26+,29-,30-,31-/m0/s1. The molecular formula is C31H37FN4O5. The van der Waals surface area contributed by atoms with Crippen molar-refractivity contribution in [2.24, 2.45) is 40.2 Å². The van der Waals surface area contributed by atoms with Crippen LogP contribution in [0.25, 0.3) is 11.8 Å². The van der Waals surface area contributed by atoms with Crippen LogP contribution in [0, 0.1) is 40.4 Å². The van der Waals surface area contributed by atoms with Crippen molar-refractivity contribution in [3.8, 4) is 5.69 Å². The summed E-state index contributed by atoms with van der Waals surface area (Å²) in [4.78, 5) is 30.3. The molecule has 0 saturated heterocycles. The number of esters is 2.